The zero-order valence-corrected chi connectivity index (χ0v) is 14.9. The van der Waals surface area contributed by atoms with Crippen molar-refractivity contribution in [1.29, 1.82) is 0 Å². The first-order chi connectivity index (χ1) is 11.8. The Labute approximate surface area is 147 Å². The highest BCUT2D eigenvalue weighted by atomic mass is 32.2. The van der Waals surface area contributed by atoms with Crippen molar-refractivity contribution >= 4 is 35.5 Å². The Hall–Kier alpha value is -2.29. The Balaban J connectivity index is 1.96. The van der Waals surface area contributed by atoms with Crippen molar-refractivity contribution in [2.45, 2.75) is 17.5 Å². The molecule has 0 radical (unpaired) electrons. The number of imide groups is 1. The second kappa shape index (κ2) is 5.10. The molecule has 9 heteroatoms. The maximum Gasteiger partial charge on any atom is 0.340 e. The van der Waals surface area contributed by atoms with Crippen LogP contribution in [0.1, 0.15) is 42.7 Å². The molecule has 2 fully saturated rings. The summed E-state index contributed by atoms with van der Waals surface area (Å²) in [5, 5.41) is -0.671. The van der Waals surface area contributed by atoms with Gasteiger partial charge in [0, 0.05) is 18.4 Å². The zero-order valence-electron chi connectivity index (χ0n) is 14.1. The lowest BCUT2D eigenvalue weighted by Crippen LogP contribution is -2.29. The van der Waals surface area contributed by atoms with Crippen LogP contribution in [0.15, 0.2) is 0 Å². The van der Waals surface area contributed by atoms with Crippen LogP contribution in [0.3, 0.4) is 0 Å². The molecule has 1 aromatic rings. The van der Waals surface area contributed by atoms with Crippen LogP contribution in [0.25, 0.3) is 0 Å². The summed E-state index contributed by atoms with van der Waals surface area (Å²) in [4.78, 5) is 50.8. The number of methoxy groups -OCH3 is 2. The number of hydrogen-bond acceptors (Lipinski definition) is 7. The summed E-state index contributed by atoms with van der Waals surface area (Å²) in [6.07, 6.45) is 0. The van der Waals surface area contributed by atoms with Gasteiger partial charge in [0.05, 0.1) is 47.8 Å². The van der Waals surface area contributed by atoms with Crippen LogP contribution >= 0.6 is 11.8 Å². The van der Waals surface area contributed by atoms with E-state index in [0.717, 1.165) is 4.90 Å². The lowest BCUT2D eigenvalue weighted by Gasteiger charge is -2.23. The van der Waals surface area contributed by atoms with Crippen molar-refractivity contribution in [3.63, 3.8) is 0 Å². The summed E-state index contributed by atoms with van der Waals surface area (Å²) in [6, 6.07) is 0. The minimum absolute atomic E-state index is 0.139. The molecular formula is C16H16N2O6S. The molecule has 2 amide bonds. The van der Waals surface area contributed by atoms with Crippen molar-refractivity contribution in [3.8, 4) is 0 Å². The molecule has 2 saturated heterocycles. The van der Waals surface area contributed by atoms with Gasteiger partial charge in [-0.15, -0.1) is 11.8 Å². The minimum atomic E-state index is -0.646. The van der Waals surface area contributed by atoms with Crippen LogP contribution < -0.4 is 0 Å². The number of aromatic nitrogens is 1. The van der Waals surface area contributed by atoms with E-state index < -0.39 is 23.8 Å². The molecular weight excluding hydrogens is 348 g/mol. The lowest BCUT2D eigenvalue weighted by molar-refractivity contribution is -0.138. The number of hydrogen-bond donors (Lipinski definition) is 0. The Kier molecular flexibility index (Phi) is 3.31. The van der Waals surface area contributed by atoms with E-state index in [0.29, 0.717) is 11.4 Å². The zero-order chi connectivity index (χ0) is 18.2. The predicted octanol–water partition coefficient (Wildman–Crippen LogP) is 0.901. The van der Waals surface area contributed by atoms with Gasteiger partial charge in [0.1, 0.15) is 0 Å². The van der Waals surface area contributed by atoms with Gasteiger partial charge in [-0.2, -0.15) is 0 Å². The van der Waals surface area contributed by atoms with Gasteiger partial charge in [-0.25, -0.2) is 9.59 Å². The minimum Gasteiger partial charge on any atom is -0.465 e. The summed E-state index contributed by atoms with van der Waals surface area (Å²) in [6.45, 7) is 1.71. The summed E-state index contributed by atoms with van der Waals surface area (Å²) in [7, 11) is 3.96. The highest BCUT2D eigenvalue weighted by molar-refractivity contribution is 8.00. The number of amides is 2. The van der Waals surface area contributed by atoms with E-state index in [1.165, 1.54) is 33.0 Å². The number of carbonyl (C=O) groups is 4. The van der Waals surface area contributed by atoms with Gasteiger partial charge in [-0.3, -0.25) is 14.5 Å². The number of nitrogens with zero attached hydrogens (tertiary/aromatic N) is 2. The first kappa shape index (κ1) is 16.2. The molecule has 25 heavy (non-hydrogen) atoms. The SMILES string of the molecule is COC(=O)c1c(C(=O)OC)c2n(c1C)[C@H]1S[C@@H]2[C@H]2C(=O)N(C)C(=O)[C@H]21. The number of rotatable bonds is 2. The normalized spacial score (nSPS) is 29.0. The van der Waals surface area contributed by atoms with Crippen molar-refractivity contribution in [2.75, 3.05) is 21.3 Å². The third kappa shape index (κ3) is 1.74. The largest absolute Gasteiger partial charge is 0.465 e. The van der Waals surface area contributed by atoms with Crippen LogP contribution in [0.5, 0.6) is 0 Å². The van der Waals surface area contributed by atoms with E-state index in [1.54, 1.807) is 6.92 Å². The van der Waals surface area contributed by atoms with Crippen LogP contribution in [-0.4, -0.2) is 54.5 Å². The molecule has 4 heterocycles. The molecule has 3 aliphatic rings. The van der Waals surface area contributed by atoms with Gasteiger partial charge < -0.3 is 14.0 Å². The van der Waals surface area contributed by atoms with Gasteiger partial charge in [-0.1, -0.05) is 0 Å². The first-order valence-corrected chi connectivity index (χ1v) is 8.67. The van der Waals surface area contributed by atoms with Crippen molar-refractivity contribution in [2.24, 2.45) is 11.8 Å². The Morgan fingerprint density at radius 2 is 1.56 bits per heavy atom. The second-order valence-corrected chi connectivity index (χ2v) is 7.57. The summed E-state index contributed by atoms with van der Waals surface area (Å²) in [5.74, 6) is -2.72. The fourth-order valence-electron chi connectivity index (χ4n) is 4.25. The summed E-state index contributed by atoms with van der Waals surface area (Å²) >= 11 is 1.49. The van der Waals surface area contributed by atoms with E-state index in [1.807, 2.05) is 4.57 Å². The van der Waals surface area contributed by atoms with E-state index in [9.17, 15) is 19.2 Å². The predicted molar refractivity (Wildman–Crippen MR) is 86.0 cm³/mol. The van der Waals surface area contributed by atoms with Gasteiger partial charge in [0.15, 0.2) is 0 Å². The van der Waals surface area contributed by atoms with Crippen molar-refractivity contribution in [3.05, 3.63) is 22.5 Å². The molecule has 4 atom stereocenters. The van der Waals surface area contributed by atoms with Crippen LogP contribution in [-0.2, 0) is 19.1 Å². The molecule has 3 aliphatic heterocycles. The Bertz CT molecular complexity index is 859. The Morgan fingerprint density at radius 3 is 2.16 bits per heavy atom. The van der Waals surface area contributed by atoms with E-state index in [4.69, 9.17) is 9.47 Å². The topological polar surface area (TPSA) is 94.9 Å². The van der Waals surface area contributed by atoms with Crippen molar-refractivity contribution < 1.29 is 28.7 Å². The maximum absolute atomic E-state index is 12.5. The number of thioether (sulfide) groups is 1. The molecule has 0 spiro atoms. The average Bonchev–Trinajstić information content (AvgIpc) is 3.30. The molecule has 1 aromatic heterocycles. The molecule has 0 saturated carbocycles. The summed E-state index contributed by atoms with van der Waals surface area (Å²) in [5.41, 5.74) is 1.42. The number of likely N-dealkylation sites (tertiary alicyclic amines) is 1. The average molecular weight is 364 g/mol. The van der Waals surface area contributed by atoms with Crippen LogP contribution in [0.2, 0.25) is 0 Å². The molecule has 4 rings (SSSR count). The molecule has 132 valence electrons. The highest BCUT2D eigenvalue weighted by Gasteiger charge is 2.65. The fraction of sp³-hybridized carbons (Fsp3) is 0.500. The Morgan fingerprint density at radius 1 is 1.00 bits per heavy atom. The van der Waals surface area contributed by atoms with E-state index >= 15 is 0 Å². The lowest BCUT2D eigenvalue weighted by atomic mass is 9.86. The van der Waals surface area contributed by atoms with Crippen LogP contribution in [0, 0.1) is 18.8 Å². The van der Waals surface area contributed by atoms with Gasteiger partial charge in [-0.05, 0) is 6.92 Å². The first-order valence-electron chi connectivity index (χ1n) is 7.73. The molecule has 8 nitrogen and oxygen atoms in total. The molecule has 0 N–H and O–H groups in total. The third-order valence-corrected chi connectivity index (χ3v) is 6.92. The van der Waals surface area contributed by atoms with E-state index in [-0.39, 0.29) is 33.6 Å². The summed E-state index contributed by atoms with van der Waals surface area (Å²) < 4.78 is 11.5. The van der Waals surface area contributed by atoms with Gasteiger partial charge >= 0.3 is 11.9 Å². The number of fused-ring (bicyclic) bond motifs is 8. The molecule has 0 aromatic carbocycles. The quantitative estimate of drug-likeness (QED) is 0.568. The highest BCUT2D eigenvalue weighted by Crippen LogP contribution is 2.67. The van der Waals surface area contributed by atoms with Gasteiger partial charge in [0.2, 0.25) is 11.8 Å². The van der Waals surface area contributed by atoms with Crippen molar-refractivity contribution in [1.82, 2.24) is 9.47 Å². The van der Waals surface area contributed by atoms with Gasteiger partial charge in [0.25, 0.3) is 0 Å². The maximum atomic E-state index is 12.5. The van der Waals surface area contributed by atoms with Crippen LogP contribution in [0.4, 0.5) is 0 Å². The standard InChI is InChI=1S/C16H16N2O6S/c1-5-6(15(21)23-3)7(16(22)24-4)10-11-8-9(14(25-11)18(5)10)13(20)17(2)12(8)19/h8-9,11,14H,1-4H3/t8-,9-,11+,14-/m0/s1. The molecule has 0 aliphatic carbocycles. The number of esters is 2. The number of ether oxygens (including phenoxy) is 2. The fourth-order valence-corrected chi connectivity index (χ4v) is 6.22. The smallest absolute Gasteiger partial charge is 0.340 e. The third-order valence-electron chi connectivity index (χ3n) is 5.33. The van der Waals surface area contributed by atoms with E-state index in [2.05, 4.69) is 0 Å². The number of carbonyl (C=O) groups excluding carboxylic acids is 4. The molecule has 2 bridgehead atoms. The second-order valence-electron chi connectivity index (χ2n) is 6.31. The monoisotopic (exact) mass is 364 g/mol. The molecule has 0 unspecified atom stereocenters.